The second-order valence-corrected chi connectivity index (χ2v) is 4.71. The molecule has 2 unspecified atom stereocenters. The first kappa shape index (κ1) is 11.2. The molecule has 0 aliphatic heterocycles. The van der Waals surface area contributed by atoms with Gasteiger partial charge in [0.05, 0.1) is 18.7 Å². The monoisotopic (exact) mass is 222 g/mol. The SMILES string of the molecule is Cc1cnn(C2CCCCC2CC(=O)O)c1. The first-order valence-electron chi connectivity index (χ1n) is 5.89. The molecule has 1 aliphatic rings. The van der Waals surface area contributed by atoms with Gasteiger partial charge in [0.1, 0.15) is 0 Å². The minimum atomic E-state index is -0.694. The standard InChI is InChI=1S/C12H18N2O2/c1-9-7-13-14(8-9)11-5-3-2-4-10(11)6-12(15)16/h7-8,10-11H,2-6H2,1H3,(H,15,16). The van der Waals surface area contributed by atoms with Crippen molar-refractivity contribution >= 4 is 5.97 Å². The fourth-order valence-corrected chi connectivity index (χ4v) is 2.61. The van der Waals surface area contributed by atoms with Crippen molar-refractivity contribution in [3.05, 3.63) is 18.0 Å². The molecule has 0 radical (unpaired) electrons. The van der Waals surface area contributed by atoms with E-state index < -0.39 is 5.97 Å². The number of aliphatic carboxylic acids is 1. The Morgan fingerprint density at radius 3 is 2.94 bits per heavy atom. The number of carbonyl (C=O) groups is 1. The molecule has 1 aromatic heterocycles. The first-order chi connectivity index (χ1) is 7.66. The Morgan fingerprint density at radius 1 is 1.56 bits per heavy atom. The molecule has 0 saturated heterocycles. The second-order valence-electron chi connectivity index (χ2n) is 4.71. The predicted molar refractivity (Wildman–Crippen MR) is 60.2 cm³/mol. The number of rotatable bonds is 3. The van der Waals surface area contributed by atoms with Gasteiger partial charge in [0.2, 0.25) is 0 Å². The summed E-state index contributed by atoms with van der Waals surface area (Å²) in [5, 5.41) is 13.2. The minimum absolute atomic E-state index is 0.241. The van der Waals surface area contributed by atoms with Gasteiger partial charge in [-0.1, -0.05) is 12.8 Å². The largest absolute Gasteiger partial charge is 0.481 e. The van der Waals surface area contributed by atoms with E-state index in [4.69, 9.17) is 5.11 Å². The van der Waals surface area contributed by atoms with Crippen molar-refractivity contribution in [3.63, 3.8) is 0 Å². The summed E-state index contributed by atoms with van der Waals surface area (Å²) in [6, 6.07) is 0.276. The van der Waals surface area contributed by atoms with E-state index in [9.17, 15) is 4.79 Å². The van der Waals surface area contributed by atoms with Crippen molar-refractivity contribution in [2.45, 2.75) is 45.1 Å². The van der Waals surface area contributed by atoms with Gasteiger partial charge >= 0.3 is 5.97 Å². The highest BCUT2D eigenvalue weighted by Crippen LogP contribution is 2.35. The molecule has 0 aromatic carbocycles. The van der Waals surface area contributed by atoms with Crippen molar-refractivity contribution in [2.24, 2.45) is 5.92 Å². The summed E-state index contributed by atoms with van der Waals surface area (Å²) in [5.41, 5.74) is 1.14. The Balaban J connectivity index is 2.12. The van der Waals surface area contributed by atoms with Crippen molar-refractivity contribution in [1.29, 1.82) is 0 Å². The molecule has 0 bridgehead atoms. The van der Waals surface area contributed by atoms with E-state index >= 15 is 0 Å². The van der Waals surface area contributed by atoms with Crippen LogP contribution in [0.5, 0.6) is 0 Å². The number of aryl methyl sites for hydroxylation is 1. The topological polar surface area (TPSA) is 55.1 Å². The van der Waals surface area contributed by atoms with Gasteiger partial charge in [0.15, 0.2) is 0 Å². The summed E-state index contributed by atoms with van der Waals surface area (Å²) in [4.78, 5) is 10.8. The van der Waals surface area contributed by atoms with Crippen molar-refractivity contribution in [3.8, 4) is 0 Å². The Bertz CT molecular complexity index is 373. The molecule has 1 N–H and O–H groups in total. The van der Waals surface area contributed by atoms with E-state index in [0.717, 1.165) is 24.8 Å². The van der Waals surface area contributed by atoms with Crippen LogP contribution < -0.4 is 0 Å². The molecule has 1 heterocycles. The second kappa shape index (κ2) is 4.68. The smallest absolute Gasteiger partial charge is 0.303 e. The summed E-state index contributed by atoms with van der Waals surface area (Å²) in [7, 11) is 0. The van der Waals surface area contributed by atoms with Crippen molar-refractivity contribution in [2.75, 3.05) is 0 Å². The summed E-state index contributed by atoms with van der Waals surface area (Å²) >= 11 is 0. The molecule has 4 heteroatoms. The van der Waals surface area contributed by atoms with E-state index in [1.807, 2.05) is 24.0 Å². The maximum Gasteiger partial charge on any atom is 0.303 e. The predicted octanol–water partition coefficient (Wildman–Crippen LogP) is 2.40. The van der Waals surface area contributed by atoms with E-state index in [-0.39, 0.29) is 18.4 Å². The highest BCUT2D eigenvalue weighted by Gasteiger charge is 2.28. The number of carboxylic acid groups (broad SMARTS) is 1. The number of hydrogen-bond donors (Lipinski definition) is 1. The Morgan fingerprint density at radius 2 is 2.31 bits per heavy atom. The summed E-state index contributed by atoms with van der Waals surface area (Å²) in [6.07, 6.45) is 8.52. The normalized spacial score (nSPS) is 25.6. The highest BCUT2D eigenvalue weighted by atomic mass is 16.4. The van der Waals surface area contributed by atoms with E-state index in [2.05, 4.69) is 5.10 Å². The van der Waals surface area contributed by atoms with Gasteiger partial charge in [-0.25, -0.2) is 0 Å². The third-order valence-corrected chi connectivity index (χ3v) is 3.38. The van der Waals surface area contributed by atoms with Gasteiger partial charge in [0.25, 0.3) is 0 Å². The lowest BCUT2D eigenvalue weighted by Gasteiger charge is -2.30. The number of carboxylic acids is 1. The fourth-order valence-electron chi connectivity index (χ4n) is 2.61. The van der Waals surface area contributed by atoms with Crippen LogP contribution in [0, 0.1) is 12.8 Å². The van der Waals surface area contributed by atoms with Crippen LogP contribution in [0.4, 0.5) is 0 Å². The van der Waals surface area contributed by atoms with E-state index in [1.54, 1.807) is 0 Å². The van der Waals surface area contributed by atoms with Crippen LogP contribution in [0.1, 0.15) is 43.7 Å². The molecule has 1 aromatic rings. The Labute approximate surface area is 95.3 Å². The first-order valence-corrected chi connectivity index (χ1v) is 5.89. The van der Waals surface area contributed by atoms with Crippen molar-refractivity contribution in [1.82, 2.24) is 9.78 Å². The van der Waals surface area contributed by atoms with Gasteiger partial charge in [-0.05, 0) is 31.2 Å². The lowest BCUT2D eigenvalue weighted by Crippen LogP contribution is -2.25. The Hall–Kier alpha value is -1.32. The third-order valence-electron chi connectivity index (χ3n) is 3.38. The zero-order valence-electron chi connectivity index (χ0n) is 9.59. The van der Waals surface area contributed by atoms with E-state index in [0.29, 0.717) is 0 Å². The molecule has 0 spiro atoms. The maximum absolute atomic E-state index is 10.8. The zero-order valence-corrected chi connectivity index (χ0v) is 9.59. The Kier molecular flexibility index (Phi) is 3.27. The molecule has 1 fully saturated rings. The van der Waals surface area contributed by atoms with Gasteiger partial charge < -0.3 is 5.11 Å². The van der Waals surface area contributed by atoms with Crippen LogP contribution in [0.3, 0.4) is 0 Å². The third kappa shape index (κ3) is 2.43. The molecule has 88 valence electrons. The minimum Gasteiger partial charge on any atom is -0.481 e. The molecular formula is C12H18N2O2. The van der Waals surface area contributed by atoms with Crippen LogP contribution in [0.2, 0.25) is 0 Å². The van der Waals surface area contributed by atoms with Crippen molar-refractivity contribution < 1.29 is 9.90 Å². The number of hydrogen-bond acceptors (Lipinski definition) is 2. The molecule has 2 atom stereocenters. The maximum atomic E-state index is 10.8. The molecular weight excluding hydrogens is 204 g/mol. The zero-order chi connectivity index (χ0) is 11.5. The van der Waals surface area contributed by atoms with Gasteiger partial charge in [-0.3, -0.25) is 9.48 Å². The molecule has 1 aliphatic carbocycles. The average molecular weight is 222 g/mol. The average Bonchev–Trinajstić information content (AvgIpc) is 2.65. The summed E-state index contributed by atoms with van der Waals surface area (Å²) in [5.74, 6) is -0.452. The van der Waals surface area contributed by atoms with Crippen LogP contribution in [-0.2, 0) is 4.79 Å². The van der Waals surface area contributed by atoms with Gasteiger partial charge in [0, 0.05) is 6.20 Å². The van der Waals surface area contributed by atoms with Crippen LogP contribution >= 0.6 is 0 Å². The van der Waals surface area contributed by atoms with Crippen LogP contribution in [0.15, 0.2) is 12.4 Å². The van der Waals surface area contributed by atoms with E-state index in [1.165, 1.54) is 6.42 Å². The van der Waals surface area contributed by atoms with Gasteiger partial charge in [-0.15, -0.1) is 0 Å². The lowest BCUT2D eigenvalue weighted by atomic mass is 9.82. The lowest BCUT2D eigenvalue weighted by molar-refractivity contribution is -0.138. The highest BCUT2D eigenvalue weighted by molar-refractivity contribution is 5.67. The van der Waals surface area contributed by atoms with Crippen LogP contribution in [-0.4, -0.2) is 20.9 Å². The molecule has 1 saturated carbocycles. The summed E-state index contributed by atoms with van der Waals surface area (Å²) < 4.78 is 1.96. The number of aromatic nitrogens is 2. The van der Waals surface area contributed by atoms with Crippen LogP contribution in [0.25, 0.3) is 0 Å². The molecule has 4 nitrogen and oxygen atoms in total. The van der Waals surface area contributed by atoms with Gasteiger partial charge in [-0.2, -0.15) is 5.10 Å². The number of nitrogens with zero attached hydrogens (tertiary/aromatic N) is 2. The molecule has 0 amide bonds. The quantitative estimate of drug-likeness (QED) is 0.854. The molecule has 2 rings (SSSR count). The fraction of sp³-hybridized carbons (Fsp3) is 0.667. The molecule has 16 heavy (non-hydrogen) atoms. The summed E-state index contributed by atoms with van der Waals surface area (Å²) in [6.45, 7) is 2.01.